The van der Waals surface area contributed by atoms with Gasteiger partial charge in [0.15, 0.2) is 5.82 Å². The molecule has 0 amide bonds. The molecule has 0 aliphatic carbocycles. The van der Waals surface area contributed by atoms with E-state index < -0.39 is 0 Å². The van der Waals surface area contributed by atoms with Gasteiger partial charge in [-0.3, -0.25) is 0 Å². The molecule has 1 N–H and O–H groups in total. The van der Waals surface area contributed by atoms with Gasteiger partial charge in [0.1, 0.15) is 11.9 Å². The molecule has 0 aromatic carbocycles. The number of nitrogens with zero attached hydrogens (tertiary/aromatic N) is 2. The second-order valence-corrected chi connectivity index (χ2v) is 7.03. The minimum absolute atomic E-state index is 0.0525. The zero-order valence-electron chi connectivity index (χ0n) is 13.5. The fraction of sp³-hybridized carbons (Fsp3) is 0.733. The molecule has 5 heteroatoms. The maximum atomic E-state index is 5.90. The standard InChI is InChI=1S/C15H26BrN3O/c1-8-20-12(15(4,5)6)14-18-11(9(2)3)10(16)13(17-7)19-14/h9,12H,8H2,1-7H3,(H,17,18,19). The summed E-state index contributed by atoms with van der Waals surface area (Å²) >= 11 is 3.59. The fourth-order valence-electron chi connectivity index (χ4n) is 2.03. The van der Waals surface area contributed by atoms with Crippen LogP contribution in [0, 0.1) is 5.41 Å². The summed E-state index contributed by atoms with van der Waals surface area (Å²) in [4.78, 5) is 9.37. The highest BCUT2D eigenvalue weighted by molar-refractivity contribution is 9.10. The summed E-state index contributed by atoms with van der Waals surface area (Å²) in [6, 6.07) is 0. The molecule has 1 rings (SSSR count). The Morgan fingerprint density at radius 1 is 1.25 bits per heavy atom. The summed E-state index contributed by atoms with van der Waals surface area (Å²) in [5, 5.41) is 3.13. The van der Waals surface area contributed by atoms with E-state index in [2.05, 4.69) is 60.8 Å². The number of aromatic nitrogens is 2. The third-order valence-electron chi connectivity index (χ3n) is 3.03. The second kappa shape index (κ2) is 6.85. The van der Waals surface area contributed by atoms with E-state index in [1.807, 2.05) is 14.0 Å². The highest BCUT2D eigenvalue weighted by Gasteiger charge is 2.31. The normalized spacial score (nSPS) is 13.7. The highest BCUT2D eigenvalue weighted by Crippen LogP contribution is 2.37. The Bertz CT molecular complexity index is 455. The number of hydrogen-bond donors (Lipinski definition) is 1. The van der Waals surface area contributed by atoms with E-state index in [-0.39, 0.29) is 11.5 Å². The van der Waals surface area contributed by atoms with E-state index in [9.17, 15) is 0 Å². The van der Waals surface area contributed by atoms with Crippen molar-refractivity contribution in [3.05, 3.63) is 16.0 Å². The monoisotopic (exact) mass is 343 g/mol. The van der Waals surface area contributed by atoms with Gasteiger partial charge in [-0.1, -0.05) is 34.6 Å². The number of nitrogens with one attached hydrogen (secondary N) is 1. The first-order chi connectivity index (χ1) is 9.22. The average Bonchev–Trinajstić information content (AvgIpc) is 2.34. The maximum Gasteiger partial charge on any atom is 0.160 e. The van der Waals surface area contributed by atoms with Gasteiger partial charge in [0.25, 0.3) is 0 Å². The molecule has 0 bridgehead atoms. The smallest absolute Gasteiger partial charge is 0.160 e. The molecule has 0 saturated heterocycles. The van der Waals surface area contributed by atoms with Crippen LogP contribution in [0.2, 0.25) is 0 Å². The Kier molecular flexibility index (Phi) is 5.95. The van der Waals surface area contributed by atoms with Crippen LogP contribution in [0.5, 0.6) is 0 Å². The molecule has 0 radical (unpaired) electrons. The van der Waals surface area contributed by atoms with E-state index in [1.165, 1.54) is 0 Å². The molecule has 0 fully saturated rings. The van der Waals surface area contributed by atoms with Crippen LogP contribution in [-0.4, -0.2) is 23.6 Å². The van der Waals surface area contributed by atoms with Crippen molar-refractivity contribution in [1.29, 1.82) is 0 Å². The lowest BCUT2D eigenvalue weighted by atomic mass is 9.88. The molecule has 0 spiro atoms. The van der Waals surface area contributed by atoms with E-state index >= 15 is 0 Å². The predicted octanol–water partition coefficient (Wildman–Crippen LogP) is 4.53. The Labute approximate surface area is 130 Å². The molecule has 1 unspecified atom stereocenters. The van der Waals surface area contributed by atoms with Gasteiger partial charge in [0, 0.05) is 13.7 Å². The third kappa shape index (κ3) is 3.92. The van der Waals surface area contributed by atoms with E-state index in [4.69, 9.17) is 9.72 Å². The first kappa shape index (κ1) is 17.4. The first-order valence-electron chi connectivity index (χ1n) is 7.09. The second-order valence-electron chi connectivity index (χ2n) is 6.24. The van der Waals surface area contributed by atoms with Gasteiger partial charge < -0.3 is 10.1 Å². The Morgan fingerprint density at radius 2 is 1.85 bits per heavy atom. The molecule has 1 heterocycles. The zero-order valence-corrected chi connectivity index (χ0v) is 15.1. The van der Waals surface area contributed by atoms with Crippen LogP contribution in [0.1, 0.15) is 65.1 Å². The third-order valence-corrected chi connectivity index (χ3v) is 3.81. The summed E-state index contributed by atoms with van der Waals surface area (Å²) in [5.74, 6) is 1.88. The average molecular weight is 344 g/mol. The fourth-order valence-corrected chi connectivity index (χ4v) is 2.86. The van der Waals surface area contributed by atoms with Crippen molar-refractivity contribution in [2.24, 2.45) is 5.41 Å². The molecule has 0 saturated carbocycles. The molecule has 0 aliphatic heterocycles. The number of hydrogen-bond acceptors (Lipinski definition) is 4. The molecule has 1 aromatic heterocycles. The van der Waals surface area contributed by atoms with Gasteiger partial charge in [-0.15, -0.1) is 0 Å². The number of ether oxygens (including phenoxy) is 1. The van der Waals surface area contributed by atoms with Crippen LogP contribution in [0.3, 0.4) is 0 Å². The summed E-state index contributed by atoms with van der Waals surface area (Å²) in [7, 11) is 1.87. The van der Waals surface area contributed by atoms with Crippen molar-refractivity contribution in [3.63, 3.8) is 0 Å². The predicted molar refractivity (Wildman–Crippen MR) is 87.2 cm³/mol. The molecular weight excluding hydrogens is 318 g/mol. The molecule has 114 valence electrons. The summed E-state index contributed by atoms with van der Waals surface area (Å²) < 4.78 is 6.83. The maximum absolute atomic E-state index is 5.90. The van der Waals surface area contributed by atoms with E-state index in [1.54, 1.807) is 0 Å². The van der Waals surface area contributed by atoms with Gasteiger partial charge in [0.05, 0.1) is 10.2 Å². The summed E-state index contributed by atoms with van der Waals surface area (Å²) in [6.07, 6.45) is -0.120. The van der Waals surface area contributed by atoms with Crippen LogP contribution in [0.4, 0.5) is 5.82 Å². The largest absolute Gasteiger partial charge is 0.372 e. The first-order valence-corrected chi connectivity index (χ1v) is 7.88. The molecule has 1 aromatic rings. The summed E-state index contributed by atoms with van der Waals surface area (Å²) in [6.45, 7) is 13.3. The number of rotatable bonds is 5. The van der Waals surface area contributed by atoms with Crippen molar-refractivity contribution < 1.29 is 4.74 Å². The summed E-state index contributed by atoms with van der Waals surface area (Å²) in [5.41, 5.74) is 0.955. The topological polar surface area (TPSA) is 47.0 Å². The van der Waals surface area contributed by atoms with Crippen LogP contribution in [-0.2, 0) is 4.74 Å². The van der Waals surface area contributed by atoms with Crippen LogP contribution in [0.15, 0.2) is 4.47 Å². The quantitative estimate of drug-likeness (QED) is 0.853. The van der Waals surface area contributed by atoms with E-state index in [0.29, 0.717) is 12.5 Å². The van der Waals surface area contributed by atoms with Crippen LogP contribution >= 0.6 is 15.9 Å². The van der Waals surface area contributed by atoms with Gasteiger partial charge in [-0.25, -0.2) is 9.97 Å². The van der Waals surface area contributed by atoms with Crippen molar-refractivity contribution in [1.82, 2.24) is 9.97 Å². The molecule has 4 nitrogen and oxygen atoms in total. The lowest BCUT2D eigenvalue weighted by molar-refractivity contribution is -0.0192. The van der Waals surface area contributed by atoms with Gasteiger partial charge in [-0.2, -0.15) is 0 Å². The lowest BCUT2D eigenvalue weighted by Crippen LogP contribution is -2.24. The van der Waals surface area contributed by atoms with Crippen molar-refractivity contribution in [2.75, 3.05) is 19.0 Å². The zero-order chi connectivity index (χ0) is 15.5. The lowest BCUT2D eigenvalue weighted by Gasteiger charge is -2.30. The molecular formula is C15H26BrN3O. The number of halogens is 1. The van der Waals surface area contributed by atoms with Crippen molar-refractivity contribution >= 4 is 21.7 Å². The van der Waals surface area contributed by atoms with Crippen molar-refractivity contribution in [3.8, 4) is 0 Å². The van der Waals surface area contributed by atoms with E-state index in [0.717, 1.165) is 21.8 Å². The van der Waals surface area contributed by atoms with Gasteiger partial charge in [0.2, 0.25) is 0 Å². The molecule has 1 atom stereocenters. The minimum atomic E-state index is -0.120. The van der Waals surface area contributed by atoms with Gasteiger partial charge >= 0.3 is 0 Å². The number of anilines is 1. The molecule has 0 aliphatic rings. The van der Waals surface area contributed by atoms with Gasteiger partial charge in [-0.05, 0) is 34.2 Å². The van der Waals surface area contributed by atoms with Crippen molar-refractivity contribution in [2.45, 2.75) is 53.6 Å². The molecule has 20 heavy (non-hydrogen) atoms. The van der Waals surface area contributed by atoms with Crippen LogP contribution in [0.25, 0.3) is 0 Å². The Balaban J connectivity index is 3.39. The SMILES string of the molecule is CCOC(c1nc(NC)c(Br)c(C(C)C)n1)C(C)(C)C. The highest BCUT2D eigenvalue weighted by atomic mass is 79.9. The minimum Gasteiger partial charge on any atom is -0.372 e. The Morgan fingerprint density at radius 3 is 2.25 bits per heavy atom. The Hall–Kier alpha value is -0.680. The van der Waals surface area contributed by atoms with Crippen LogP contribution < -0.4 is 5.32 Å².